The fourth-order valence-corrected chi connectivity index (χ4v) is 5.67. The van der Waals surface area contributed by atoms with E-state index in [0.29, 0.717) is 39.4 Å². The third-order valence-electron chi connectivity index (χ3n) is 7.82. The van der Waals surface area contributed by atoms with Crippen molar-refractivity contribution in [1.82, 2.24) is 10.6 Å². The van der Waals surface area contributed by atoms with Crippen LogP contribution in [0.1, 0.15) is 37.4 Å². The Bertz CT molecular complexity index is 1960. The van der Waals surface area contributed by atoms with Gasteiger partial charge in [0.2, 0.25) is 5.91 Å². The highest BCUT2D eigenvalue weighted by Crippen LogP contribution is 2.56. The number of phenols is 1. The van der Waals surface area contributed by atoms with Crippen LogP contribution in [0.25, 0.3) is 0 Å². The number of rotatable bonds is 9. The Hall–Kier alpha value is -6.51. The highest BCUT2D eigenvalue weighted by atomic mass is 16.6. The third kappa shape index (κ3) is 5.50. The van der Waals surface area contributed by atoms with E-state index >= 15 is 0 Å². The maximum atomic E-state index is 13.0. The van der Waals surface area contributed by atoms with E-state index in [2.05, 4.69) is 10.6 Å². The van der Waals surface area contributed by atoms with Crippen molar-refractivity contribution in [3.63, 3.8) is 0 Å². The number of fused-ring (bicyclic) bond motifs is 6. The summed E-state index contributed by atoms with van der Waals surface area (Å²) in [6.45, 7) is -0.132. The summed E-state index contributed by atoms with van der Waals surface area (Å²) in [5, 5.41) is 37.5. The molecule has 4 aromatic carbocycles. The molecule has 0 saturated carbocycles. The number of esters is 1. The van der Waals surface area contributed by atoms with Gasteiger partial charge in [-0.05, 0) is 30.3 Å². The molecule has 238 valence electrons. The lowest BCUT2D eigenvalue weighted by Gasteiger charge is -2.37. The average Bonchev–Trinajstić information content (AvgIpc) is 3.34. The van der Waals surface area contributed by atoms with Crippen LogP contribution in [-0.2, 0) is 15.1 Å². The van der Waals surface area contributed by atoms with Crippen molar-refractivity contribution in [1.29, 1.82) is 0 Å². The van der Waals surface area contributed by atoms with E-state index in [1.807, 2.05) is 12.1 Å². The molecule has 0 saturated heterocycles. The van der Waals surface area contributed by atoms with Crippen LogP contribution >= 0.6 is 0 Å². The smallest absolute Gasteiger partial charge is 0.340 e. The van der Waals surface area contributed by atoms with Crippen LogP contribution in [0.3, 0.4) is 0 Å². The highest BCUT2D eigenvalue weighted by molar-refractivity contribution is 5.97. The second-order valence-electron chi connectivity index (χ2n) is 10.8. The van der Waals surface area contributed by atoms with Crippen molar-refractivity contribution in [2.45, 2.75) is 5.60 Å². The minimum absolute atomic E-state index is 0.0102. The number of nitrogens with one attached hydrogen (secondary N) is 2. The minimum atomic E-state index is -1.31. The molecule has 6 rings (SSSR count). The number of likely N-dealkylation sites (N-methyl/N-ethyl adjacent to an activating group) is 1. The zero-order chi connectivity index (χ0) is 33.5. The van der Waals surface area contributed by atoms with Gasteiger partial charge >= 0.3 is 5.97 Å². The van der Waals surface area contributed by atoms with Crippen LogP contribution in [0.5, 0.6) is 17.2 Å². The Labute approximate surface area is 265 Å². The standard InChI is InChI=1S/C32H25N5O10/c1-35(17-29(39)33-10-11-34-30(40)18-12-20(36(42)43)14-21(13-18)37(44)45)19-6-8-25-27(15-19)46-28-16-22(38)7-9-26(28)32(25)24-5-3-2-4-23(24)31(41)47-32/h2-9,12-16,38H,10-11,17H2,1H3,(H,33,39)(H,34,40). The molecule has 1 unspecified atom stereocenters. The monoisotopic (exact) mass is 639 g/mol. The summed E-state index contributed by atoms with van der Waals surface area (Å²) in [7, 11) is 1.68. The number of carbonyl (C=O) groups is 3. The van der Waals surface area contributed by atoms with Gasteiger partial charge in [-0.2, -0.15) is 0 Å². The number of phenolic OH excluding ortho intramolecular Hbond substituents is 1. The molecular formula is C32H25N5O10. The molecule has 4 aromatic rings. The molecular weight excluding hydrogens is 614 g/mol. The molecule has 15 heteroatoms. The summed E-state index contributed by atoms with van der Waals surface area (Å²) in [4.78, 5) is 60.3. The van der Waals surface area contributed by atoms with Gasteiger partial charge in [0.15, 0.2) is 5.60 Å². The van der Waals surface area contributed by atoms with Gasteiger partial charge < -0.3 is 30.1 Å². The van der Waals surface area contributed by atoms with E-state index in [9.17, 15) is 39.7 Å². The Morgan fingerprint density at radius 2 is 1.49 bits per heavy atom. The number of anilines is 1. The van der Waals surface area contributed by atoms with Crippen molar-refractivity contribution in [3.8, 4) is 17.2 Å². The maximum Gasteiger partial charge on any atom is 0.340 e. The van der Waals surface area contributed by atoms with Crippen molar-refractivity contribution in [2.75, 3.05) is 31.6 Å². The molecule has 0 aromatic heterocycles. The second-order valence-corrected chi connectivity index (χ2v) is 10.8. The van der Waals surface area contributed by atoms with Crippen LogP contribution in [0, 0.1) is 20.2 Å². The number of non-ortho nitro benzene ring substituents is 2. The number of nitro groups is 2. The lowest BCUT2D eigenvalue weighted by molar-refractivity contribution is -0.394. The molecule has 0 fully saturated rings. The number of hydrogen-bond donors (Lipinski definition) is 3. The van der Waals surface area contributed by atoms with Gasteiger partial charge in [0.25, 0.3) is 17.3 Å². The van der Waals surface area contributed by atoms with E-state index in [-0.39, 0.29) is 30.9 Å². The van der Waals surface area contributed by atoms with Crippen LogP contribution in [0.2, 0.25) is 0 Å². The topological polar surface area (TPSA) is 203 Å². The first kappa shape index (κ1) is 30.5. The molecule has 1 spiro atoms. The Balaban J connectivity index is 1.13. The Kier molecular flexibility index (Phi) is 7.64. The summed E-state index contributed by atoms with van der Waals surface area (Å²) in [6.07, 6.45) is 0. The van der Waals surface area contributed by atoms with E-state index in [1.54, 1.807) is 48.3 Å². The number of benzene rings is 4. The lowest BCUT2D eigenvalue weighted by atomic mass is 9.77. The van der Waals surface area contributed by atoms with Crippen LogP contribution in [-0.4, -0.2) is 59.4 Å². The quantitative estimate of drug-likeness (QED) is 0.104. The van der Waals surface area contributed by atoms with E-state index in [1.165, 1.54) is 12.1 Å². The molecule has 0 radical (unpaired) electrons. The summed E-state index contributed by atoms with van der Waals surface area (Å²) < 4.78 is 12.3. The van der Waals surface area contributed by atoms with Gasteiger partial charge in [-0.25, -0.2) is 4.79 Å². The highest BCUT2D eigenvalue weighted by Gasteiger charge is 2.53. The summed E-state index contributed by atoms with van der Waals surface area (Å²) >= 11 is 0. The first-order valence-electron chi connectivity index (χ1n) is 14.2. The second kappa shape index (κ2) is 11.8. The molecule has 15 nitrogen and oxygen atoms in total. The largest absolute Gasteiger partial charge is 0.508 e. The summed E-state index contributed by atoms with van der Waals surface area (Å²) in [5.41, 5.74) is 0.00623. The molecule has 0 aliphatic carbocycles. The first-order chi connectivity index (χ1) is 22.5. The summed E-state index contributed by atoms with van der Waals surface area (Å²) in [6, 6.07) is 19.5. The number of carbonyl (C=O) groups excluding carboxylic acids is 3. The molecule has 2 heterocycles. The minimum Gasteiger partial charge on any atom is -0.508 e. The molecule has 2 aliphatic heterocycles. The van der Waals surface area contributed by atoms with Crippen LogP contribution in [0.4, 0.5) is 17.1 Å². The number of hydrogen-bond acceptors (Lipinski definition) is 11. The summed E-state index contributed by atoms with van der Waals surface area (Å²) in [5.74, 6) is -1.03. The molecule has 1 atom stereocenters. The van der Waals surface area contributed by atoms with Crippen molar-refractivity contribution < 1.29 is 38.8 Å². The molecule has 2 aliphatic rings. The van der Waals surface area contributed by atoms with Gasteiger partial charge in [-0.3, -0.25) is 29.8 Å². The Morgan fingerprint density at radius 3 is 2.19 bits per heavy atom. The molecule has 3 N–H and O–H groups in total. The average molecular weight is 640 g/mol. The van der Waals surface area contributed by atoms with Crippen molar-refractivity contribution in [3.05, 3.63) is 127 Å². The fourth-order valence-electron chi connectivity index (χ4n) is 5.67. The van der Waals surface area contributed by atoms with Gasteiger partial charge in [-0.1, -0.05) is 18.2 Å². The maximum absolute atomic E-state index is 13.0. The zero-order valence-electron chi connectivity index (χ0n) is 24.6. The predicted octanol–water partition coefficient (Wildman–Crippen LogP) is 3.76. The first-order valence-corrected chi connectivity index (χ1v) is 14.2. The van der Waals surface area contributed by atoms with Gasteiger partial charge in [-0.15, -0.1) is 0 Å². The SMILES string of the molecule is CN(CC(=O)NCCNC(=O)c1cc([N+](=O)[O-])cc([N+](=O)[O-])c1)c1ccc2c(c1)Oc1cc(O)ccc1C21OC(=O)c2ccccc21. The number of nitro benzene ring substituents is 2. The molecule has 2 amide bonds. The van der Waals surface area contributed by atoms with Crippen LogP contribution < -0.4 is 20.3 Å². The van der Waals surface area contributed by atoms with E-state index in [4.69, 9.17) is 9.47 Å². The fraction of sp³-hybridized carbons (Fsp3) is 0.156. The van der Waals surface area contributed by atoms with E-state index in [0.717, 1.165) is 18.2 Å². The number of ether oxygens (including phenoxy) is 2. The molecule has 0 bridgehead atoms. The number of amides is 2. The number of aromatic hydroxyl groups is 1. The lowest BCUT2D eigenvalue weighted by Crippen LogP contribution is -2.39. The predicted molar refractivity (Wildman–Crippen MR) is 165 cm³/mol. The van der Waals surface area contributed by atoms with Crippen molar-refractivity contribution >= 4 is 34.8 Å². The van der Waals surface area contributed by atoms with Gasteiger partial charge in [0, 0.05) is 66.8 Å². The number of nitrogens with zero attached hydrogens (tertiary/aromatic N) is 3. The van der Waals surface area contributed by atoms with E-state index < -0.39 is 44.6 Å². The third-order valence-corrected chi connectivity index (χ3v) is 7.82. The normalized spacial score (nSPS) is 15.4. The van der Waals surface area contributed by atoms with Gasteiger partial charge in [0.1, 0.15) is 17.2 Å². The zero-order valence-corrected chi connectivity index (χ0v) is 24.6. The van der Waals surface area contributed by atoms with Crippen molar-refractivity contribution in [2.24, 2.45) is 0 Å². The van der Waals surface area contributed by atoms with Gasteiger partial charge in [0.05, 0.1) is 33.6 Å². The molecule has 47 heavy (non-hydrogen) atoms. The Morgan fingerprint density at radius 1 is 0.851 bits per heavy atom. The van der Waals surface area contributed by atoms with Crippen LogP contribution in [0.15, 0.2) is 78.9 Å².